The first-order chi connectivity index (χ1) is 10.3. The molecule has 0 saturated carbocycles. The number of alkyl halides is 1. The summed E-state index contributed by atoms with van der Waals surface area (Å²) in [5, 5.41) is 7.28. The molecule has 0 fully saturated rings. The molecule has 0 aliphatic rings. The molecule has 0 unspecified atom stereocenters. The Hall–Kier alpha value is -2.44. The number of nitrogens with one attached hydrogen (secondary N) is 1. The third kappa shape index (κ3) is 5.21. The molecule has 1 N–H and O–H groups in total. The fraction of sp³-hybridized carbons (Fsp3) is 0.385. The Balaban J connectivity index is 2.81. The Labute approximate surface area is 122 Å². The highest BCUT2D eigenvalue weighted by Gasteiger charge is 2.21. The SMILES string of the molecule is C/C=N\C=N/Nc1ccc([C@@H](OC)[C@@H](CF)N=[N+]=[N-])cc1. The zero-order valence-corrected chi connectivity index (χ0v) is 11.8. The van der Waals surface area contributed by atoms with Crippen LogP contribution in [0.4, 0.5) is 10.1 Å². The lowest BCUT2D eigenvalue weighted by molar-refractivity contribution is 0.0722. The van der Waals surface area contributed by atoms with Crippen molar-refractivity contribution in [3.63, 3.8) is 0 Å². The minimum absolute atomic E-state index is 0.631. The van der Waals surface area contributed by atoms with Crippen molar-refractivity contribution >= 4 is 18.2 Å². The van der Waals surface area contributed by atoms with Gasteiger partial charge in [0.25, 0.3) is 0 Å². The summed E-state index contributed by atoms with van der Waals surface area (Å²) >= 11 is 0. The van der Waals surface area contributed by atoms with E-state index in [2.05, 4.69) is 25.5 Å². The third-order valence-electron chi connectivity index (χ3n) is 2.67. The summed E-state index contributed by atoms with van der Waals surface area (Å²) in [6.45, 7) is 0.999. The standard InChI is InChI=1S/C13H17FN6O/c1-3-16-9-17-18-11-6-4-10(5-7-11)13(21-2)12(8-14)19-20-15/h3-7,9,12-13,18H,8H2,1-2H3/b16-3-,17-9-/t12-,13-/m1/s1. The number of aliphatic imine (C=N–C) groups is 1. The number of hydrogen-bond donors (Lipinski definition) is 1. The first kappa shape index (κ1) is 16.6. The second-order valence-electron chi connectivity index (χ2n) is 3.97. The molecule has 112 valence electrons. The van der Waals surface area contributed by atoms with Crippen LogP contribution in [0, 0.1) is 0 Å². The normalized spacial score (nSPS) is 14.0. The maximum absolute atomic E-state index is 12.9. The highest BCUT2D eigenvalue weighted by Crippen LogP contribution is 2.25. The average molecular weight is 292 g/mol. The van der Waals surface area contributed by atoms with Gasteiger partial charge < -0.3 is 4.74 Å². The fourth-order valence-electron chi connectivity index (χ4n) is 1.70. The first-order valence-corrected chi connectivity index (χ1v) is 6.25. The van der Waals surface area contributed by atoms with Gasteiger partial charge in [-0.3, -0.25) is 9.82 Å². The first-order valence-electron chi connectivity index (χ1n) is 6.25. The van der Waals surface area contributed by atoms with Crippen molar-refractivity contribution in [2.75, 3.05) is 19.2 Å². The van der Waals surface area contributed by atoms with Crippen LogP contribution in [0.5, 0.6) is 0 Å². The van der Waals surface area contributed by atoms with Gasteiger partial charge >= 0.3 is 0 Å². The molecule has 0 saturated heterocycles. The van der Waals surface area contributed by atoms with Gasteiger partial charge in [0.2, 0.25) is 0 Å². The second-order valence-corrected chi connectivity index (χ2v) is 3.97. The van der Waals surface area contributed by atoms with Gasteiger partial charge in [-0.05, 0) is 30.2 Å². The highest BCUT2D eigenvalue weighted by atomic mass is 19.1. The molecular formula is C13H17FN6O. The summed E-state index contributed by atoms with van der Waals surface area (Å²) in [5.41, 5.74) is 12.7. The number of rotatable bonds is 8. The van der Waals surface area contributed by atoms with Gasteiger partial charge in [-0.1, -0.05) is 17.2 Å². The quantitative estimate of drug-likeness (QED) is 0.198. The molecule has 0 amide bonds. The van der Waals surface area contributed by atoms with Gasteiger partial charge in [0.15, 0.2) is 0 Å². The number of anilines is 1. The molecule has 0 bridgehead atoms. The van der Waals surface area contributed by atoms with Crippen molar-refractivity contribution < 1.29 is 9.13 Å². The summed E-state index contributed by atoms with van der Waals surface area (Å²) in [6, 6.07) is 6.14. The van der Waals surface area contributed by atoms with Crippen molar-refractivity contribution in [1.29, 1.82) is 0 Å². The lowest BCUT2D eigenvalue weighted by Gasteiger charge is -2.20. The monoisotopic (exact) mass is 292 g/mol. The van der Waals surface area contributed by atoms with Gasteiger partial charge in [0.1, 0.15) is 13.0 Å². The predicted octanol–water partition coefficient (Wildman–Crippen LogP) is 3.47. The molecule has 1 aromatic carbocycles. The van der Waals surface area contributed by atoms with Crippen molar-refractivity contribution in [3.05, 3.63) is 40.3 Å². The molecule has 0 spiro atoms. The summed E-state index contributed by atoms with van der Waals surface area (Å²) in [5.74, 6) is 0. The van der Waals surface area contributed by atoms with E-state index in [1.54, 1.807) is 37.4 Å². The number of methoxy groups -OCH3 is 1. The Morgan fingerprint density at radius 3 is 2.67 bits per heavy atom. The number of hydrazone groups is 1. The Kier molecular flexibility index (Phi) is 7.49. The molecule has 0 aliphatic carbocycles. The van der Waals surface area contributed by atoms with Crippen molar-refractivity contribution in [3.8, 4) is 0 Å². The minimum atomic E-state index is -0.893. The lowest BCUT2D eigenvalue weighted by Crippen LogP contribution is -2.20. The summed E-state index contributed by atoms with van der Waals surface area (Å²) < 4.78 is 18.1. The average Bonchev–Trinajstić information content (AvgIpc) is 2.52. The summed E-state index contributed by atoms with van der Waals surface area (Å²) in [7, 11) is 1.44. The van der Waals surface area contributed by atoms with Crippen LogP contribution in [-0.4, -0.2) is 32.4 Å². The third-order valence-corrected chi connectivity index (χ3v) is 2.67. The Morgan fingerprint density at radius 2 is 2.14 bits per heavy atom. The highest BCUT2D eigenvalue weighted by molar-refractivity contribution is 5.71. The number of benzene rings is 1. The zero-order chi connectivity index (χ0) is 15.5. The second kappa shape index (κ2) is 9.46. The molecule has 2 atom stereocenters. The van der Waals surface area contributed by atoms with Crippen LogP contribution in [0.25, 0.3) is 10.4 Å². The number of ether oxygens (including phenoxy) is 1. The Morgan fingerprint density at radius 1 is 1.43 bits per heavy atom. The van der Waals surface area contributed by atoms with Gasteiger partial charge in [-0.15, -0.1) is 0 Å². The van der Waals surface area contributed by atoms with Crippen LogP contribution in [-0.2, 0) is 4.74 Å². The van der Waals surface area contributed by atoms with Crippen molar-refractivity contribution in [2.24, 2.45) is 15.2 Å². The smallest absolute Gasteiger partial charge is 0.135 e. The maximum atomic E-state index is 12.9. The number of halogens is 1. The lowest BCUT2D eigenvalue weighted by atomic mass is 10.0. The topological polar surface area (TPSA) is 94.7 Å². The molecular weight excluding hydrogens is 275 g/mol. The van der Waals surface area contributed by atoms with Crippen LogP contribution >= 0.6 is 0 Å². The van der Waals surface area contributed by atoms with Crippen LogP contribution in [0.3, 0.4) is 0 Å². The molecule has 21 heavy (non-hydrogen) atoms. The van der Waals surface area contributed by atoms with Gasteiger partial charge in [-0.25, -0.2) is 4.99 Å². The fourth-order valence-corrected chi connectivity index (χ4v) is 1.70. The zero-order valence-electron chi connectivity index (χ0n) is 11.8. The molecule has 0 aromatic heterocycles. The van der Waals surface area contributed by atoms with Crippen molar-refractivity contribution in [1.82, 2.24) is 0 Å². The number of azide groups is 1. The number of hydrogen-bond acceptors (Lipinski definition) is 4. The maximum Gasteiger partial charge on any atom is 0.135 e. The Bertz CT molecular complexity index is 524. The van der Waals surface area contributed by atoms with Crippen LogP contribution in [0.2, 0.25) is 0 Å². The van der Waals surface area contributed by atoms with Crippen LogP contribution in [0.1, 0.15) is 18.6 Å². The van der Waals surface area contributed by atoms with Gasteiger partial charge in [-0.2, -0.15) is 5.10 Å². The molecule has 1 aromatic rings. The van der Waals surface area contributed by atoms with E-state index in [1.807, 2.05) is 0 Å². The molecule has 7 nitrogen and oxygen atoms in total. The van der Waals surface area contributed by atoms with E-state index in [9.17, 15) is 4.39 Å². The van der Waals surface area contributed by atoms with E-state index >= 15 is 0 Å². The van der Waals surface area contributed by atoms with E-state index in [0.29, 0.717) is 5.56 Å². The van der Waals surface area contributed by atoms with Crippen molar-refractivity contribution in [2.45, 2.75) is 19.1 Å². The summed E-state index contributed by atoms with van der Waals surface area (Å²) in [4.78, 5) is 6.45. The van der Waals surface area contributed by atoms with E-state index in [-0.39, 0.29) is 0 Å². The molecule has 0 heterocycles. The molecule has 0 radical (unpaired) electrons. The largest absolute Gasteiger partial charge is 0.376 e. The number of nitrogens with zero attached hydrogens (tertiary/aromatic N) is 5. The van der Waals surface area contributed by atoms with E-state index in [4.69, 9.17) is 10.3 Å². The van der Waals surface area contributed by atoms with E-state index < -0.39 is 18.8 Å². The minimum Gasteiger partial charge on any atom is -0.376 e. The van der Waals surface area contributed by atoms with Gasteiger partial charge in [0, 0.05) is 18.2 Å². The molecule has 0 aliphatic heterocycles. The van der Waals surface area contributed by atoms with Crippen LogP contribution in [0.15, 0.2) is 39.5 Å². The predicted molar refractivity (Wildman–Crippen MR) is 81.4 cm³/mol. The molecule has 1 rings (SSSR count). The molecule has 8 heteroatoms. The van der Waals surface area contributed by atoms with E-state index in [0.717, 1.165) is 5.69 Å². The summed E-state index contributed by atoms with van der Waals surface area (Å²) in [6.07, 6.45) is 2.37. The van der Waals surface area contributed by atoms with Gasteiger partial charge in [0.05, 0.1) is 17.8 Å². The van der Waals surface area contributed by atoms with E-state index in [1.165, 1.54) is 13.4 Å². The van der Waals surface area contributed by atoms with Crippen LogP contribution < -0.4 is 5.43 Å².